The third-order valence-corrected chi connectivity index (χ3v) is 5.52. The van der Waals surface area contributed by atoms with E-state index in [4.69, 9.17) is 4.74 Å². The second-order valence-electron chi connectivity index (χ2n) is 8.76. The van der Waals surface area contributed by atoms with Gasteiger partial charge < -0.3 is 15.4 Å². The fraction of sp³-hybridized carbons (Fsp3) is 0.947. The van der Waals surface area contributed by atoms with Gasteiger partial charge in [-0.1, -0.05) is 26.7 Å². The molecular formula is C19H36N2O2. The lowest BCUT2D eigenvalue weighted by Gasteiger charge is -2.38. The maximum atomic E-state index is 11.9. The molecule has 2 N–H and O–H groups in total. The number of hydrogen-bond acceptors (Lipinski definition) is 3. The summed E-state index contributed by atoms with van der Waals surface area (Å²) in [5.74, 6) is 2.06. The quantitative estimate of drug-likeness (QED) is 0.819. The van der Waals surface area contributed by atoms with Gasteiger partial charge in [0.2, 0.25) is 0 Å². The van der Waals surface area contributed by atoms with Gasteiger partial charge in [0, 0.05) is 18.6 Å². The van der Waals surface area contributed by atoms with Crippen LogP contribution < -0.4 is 10.6 Å². The van der Waals surface area contributed by atoms with Gasteiger partial charge in [-0.15, -0.1) is 0 Å². The van der Waals surface area contributed by atoms with Crippen LogP contribution in [0.15, 0.2) is 0 Å². The largest absolute Gasteiger partial charge is 0.444 e. The molecule has 2 fully saturated rings. The van der Waals surface area contributed by atoms with E-state index in [2.05, 4.69) is 24.5 Å². The molecule has 0 saturated heterocycles. The molecule has 1 amide bonds. The maximum absolute atomic E-state index is 11.9. The minimum atomic E-state index is -0.426. The zero-order chi connectivity index (χ0) is 17.0. The van der Waals surface area contributed by atoms with E-state index in [9.17, 15) is 4.79 Å². The molecule has 2 saturated carbocycles. The number of alkyl carbamates (subject to hydrolysis) is 1. The van der Waals surface area contributed by atoms with Gasteiger partial charge in [0.15, 0.2) is 0 Å². The van der Waals surface area contributed by atoms with Gasteiger partial charge in [-0.3, -0.25) is 0 Å². The van der Waals surface area contributed by atoms with Gasteiger partial charge in [0.05, 0.1) is 0 Å². The predicted molar refractivity (Wildman–Crippen MR) is 94.5 cm³/mol. The van der Waals surface area contributed by atoms with Crippen molar-refractivity contribution in [3.63, 3.8) is 0 Å². The summed E-state index contributed by atoms with van der Waals surface area (Å²) in [6.45, 7) is 11.2. The molecule has 0 aromatic carbocycles. The number of amides is 1. The van der Waals surface area contributed by atoms with Crippen molar-refractivity contribution in [2.45, 2.75) is 90.8 Å². The van der Waals surface area contributed by atoms with Crippen molar-refractivity contribution in [1.82, 2.24) is 10.6 Å². The van der Waals surface area contributed by atoms with Crippen molar-refractivity contribution in [3.8, 4) is 0 Å². The minimum absolute atomic E-state index is 0.289. The highest BCUT2D eigenvalue weighted by atomic mass is 16.6. The van der Waals surface area contributed by atoms with Crippen LogP contribution in [0, 0.1) is 17.8 Å². The lowest BCUT2D eigenvalue weighted by Crippen LogP contribution is -2.50. The van der Waals surface area contributed by atoms with Gasteiger partial charge in [-0.25, -0.2) is 4.79 Å². The summed E-state index contributed by atoms with van der Waals surface area (Å²) >= 11 is 0. The van der Waals surface area contributed by atoms with Gasteiger partial charge in [0.25, 0.3) is 0 Å². The molecule has 0 aromatic heterocycles. The van der Waals surface area contributed by atoms with Crippen molar-refractivity contribution in [2.75, 3.05) is 6.54 Å². The summed E-state index contributed by atoms with van der Waals surface area (Å²) in [7, 11) is 0. The van der Waals surface area contributed by atoms with Crippen LogP contribution in [0.3, 0.4) is 0 Å². The molecule has 23 heavy (non-hydrogen) atoms. The van der Waals surface area contributed by atoms with Crippen LogP contribution in [-0.4, -0.2) is 30.3 Å². The van der Waals surface area contributed by atoms with E-state index in [-0.39, 0.29) is 6.09 Å². The van der Waals surface area contributed by atoms with Crippen molar-refractivity contribution in [3.05, 3.63) is 0 Å². The zero-order valence-corrected chi connectivity index (χ0v) is 15.7. The second kappa shape index (κ2) is 7.87. The average Bonchev–Trinajstić information content (AvgIpc) is 2.86. The number of rotatable bonds is 4. The Morgan fingerprint density at radius 2 is 1.65 bits per heavy atom. The Labute approximate surface area is 142 Å². The fourth-order valence-corrected chi connectivity index (χ4v) is 4.29. The number of hydrogen-bond donors (Lipinski definition) is 2. The average molecular weight is 325 g/mol. The number of carbonyl (C=O) groups is 1. The number of nitrogens with one attached hydrogen (secondary N) is 2. The van der Waals surface area contributed by atoms with Crippen LogP contribution in [0.4, 0.5) is 4.79 Å². The summed E-state index contributed by atoms with van der Waals surface area (Å²) in [4.78, 5) is 11.9. The molecule has 0 radical (unpaired) electrons. The third-order valence-electron chi connectivity index (χ3n) is 5.52. The van der Waals surface area contributed by atoms with Crippen molar-refractivity contribution >= 4 is 6.09 Å². The van der Waals surface area contributed by atoms with Crippen LogP contribution >= 0.6 is 0 Å². The SMILES string of the molecule is CC1CCCC(C)C1NC1CCCC1CNC(=O)OC(C)(C)C. The summed E-state index contributed by atoms with van der Waals surface area (Å²) < 4.78 is 5.35. The highest BCUT2D eigenvalue weighted by Crippen LogP contribution is 2.32. The molecule has 0 heterocycles. The Hall–Kier alpha value is -0.770. The first-order chi connectivity index (χ1) is 10.8. The lowest BCUT2D eigenvalue weighted by molar-refractivity contribution is 0.0515. The monoisotopic (exact) mass is 324 g/mol. The van der Waals surface area contributed by atoms with E-state index in [0.717, 1.165) is 18.4 Å². The van der Waals surface area contributed by atoms with Crippen LogP contribution in [0.25, 0.3) is 0 Å². The molecule has 0 aromatic rings. The van der Waals surface area contributed by atoms with Gasteiger partial charge >= 0.3 is 6.09 Å². The summed E-state index contributed by atoms with van der Waals surface area (Å²) in [5, 5.41) is 6.92. The zero-order valence-electron chi connectivity index (χ0n) is 15.7. The van der Waals surface area contributed by atoms with Crippen LogP contribution in [0.1, 0.15) is 73.1 Å². The van der Waals surface area contributed by atoms with E-state index < -0.39 is 5.60 Å². The van der Waals surface area contributed by atoms with E-state index in [1.54, 1.807) is 0 Å². The molecule has 2 rings (SSSR count). The Kier molecular flexibility index (Phi) is 6.35. The Morgan fingerprint density at radius 1 is 1.04 bits per heavy atom. The first-order valence-electron chi connectivity index (χ1n) is 9.49. The Morgan fingerprint density at radius 3 is 2.26 bits per heavy atom. The summed E-state index contributed by atoms with van der Waals surface area (Å²) in [6, 6.07) is 1.17. The first-order valence-corrected chi connectivity index (χ1v) is 9.49. The van der Waals surface area contributed by atoms with Gasteiger partial charge in [0.1, 0.15) is 5.60 Å². The maximum Gasteiger partial charge on any atom is 0.407 e. The molecule has 0 aliphatic heterocycles. The van der Waals surface area contributed by atoms with Crippen molar-refractivity contribution in [2.24, 2.45) is 17.8 Å². The van der Waals surface area contributed by atoms with Crippen molar-refractivity contribution < 1.29 is 9.53 Å². The number of ether oxygens (including phenoxy) is 1. The second-order valence-corrected chi connectivity index (χ2v) is 8.76. The fourth-order valence-electron chi connectivity index (χ4n) is 4.29. The molecule has 2 aliphatic carbocycles. The summed E-state index contributed by atoms with van der Waals surface area (Å²) in [5.41, 5.74) is -0.426. The van der Waals surface area contributed by atoms with E-state index in [1.165, 1.54) is 38.5 Å². The van der Waals surface area contributed by atoms with Gasteiger partial charge in [-0.2, -0.15) is 0 Å². The van der Waals surface area contributed by atoms with Crippen LogP contribution in [-0.2, 0) is 4.74 Å². The molecule has 4 nitrogen and oxygen atoms in total. The first kappa shape index (κ1) is 18.6. The molecule has 134 valence electrons. The highest BCUT2D eigenvalue weighted by Gasteiger charge is 2.34. The molecule has 0 bridgehead atoms. The standard InChI is InChI=1S/C19H36N2O2/c1-13-8-6-9-14(2)17(13)21-16-11-7-10-15(16)12-20-18(22)23-19(3,4)5/h13-17,21H,6-12H2,1-5H3,(H,20,22). The smallest absolute Gasteiger partial charge is 0.407 e. The molecule has 2 aliphatic rings. The molecule has 4 unspecified atom stereocenters. The summed E-state index contributed by atoms with van der Waals surface area (Å²) in [6.07, 6.45) is 7.45. The Balaban J connectivity index is 1.82. The minimum Gasteiger partial charge on any atom is -0.444 e. The van der Waals surface area contributed by atoms with E-state index in [0.29, 0.717) is 18.0 Å². The lowest BCUT2D eigenvalue weighted by atomic mass is 9.78. The molecular weight excluding hydrogens is 288 g/mol. The van der Waals surface area contributed by atoms with E-state index in [1.807, 2.05) is 20.8 Å². The topological polar surface area (TPSA) is 50.4 Å². The van der Waals surface area contributed by atoms with Crippen LogP contribution in [0.5, 0.6) is 0 Å². The van der Waals surface area contributed by atoms with Crippen LogP contribution in [0.2, 0.25) is 0 Å². The predicted octanol–water partition coefficient (Wildman–Crippen LogP) is 4.09. The van der Waals surface area contributed by atoms with Gasteiger partial charge in [-0.05, 0) is 64.2 Å². The number of carbonyl (C=O) groups excluding carboxylic acids is 1. The van der Waals surface area contributed by atoms with Crippen molar-refractivity contribution in [1.29, 1.82) is 0 Å². The molecule has 4 atom stereocenters. The molecule has 0 spiro atoms. The van der Waals surface area contributed by atoms with E-state index >= 15 is 0 Å². The third kappa shape index (κ3) is 5.66. The molecule has 4 heteroatoms. The Bertz CT molecular complexity index is 381. The highest BCUT2D eigenvalue weighted by molar-refractivity contribution is 5.67. The normalized spacial score (nSPS) is 35.1.